The summed E-state index contributed by atoms with van der Waals surface area (Å²) in [5.41, 5.74) is -1.03. The van der Waals surface area contributed by atoms with Gasteiger partial charge in [-0.1, -0.05) is 0 Å². The minimum absolute atomic E-state index is 0.446. The van der Waals surface area contributed by atoms with Crippen LogP contribution < -0.4 is 10.6 Å². The van der Waals surface area contributed by atoms with E-state index in [0.717, 1.165) is 0 Å². The van der Waals surface area contributed by atoms with E-state index in [1.165, 1.54) is 0 Å². The van der Waals surface area contributed by atoms with Gasteiger partial charge in [0.25, 0.3) is 0 Å². The number of carbonyl (C=O) groups excluding carboxylic acids is 1. The molecule has 1 fully saturated rings. The van der Waals surface area contributed by atoms with Crippen LogP contribution in [0.25, 0.3) is 0 Å². The van der Waals surface area contributed by atoms with E-state index in [9.17, 15) is 9.59 Å². The van der Waals surface area contributed by atoms with Crippen LogP contribution in [0.1, 0.15) is 12.8 Å². The summed E-state index contributed by atoms with van der Waals surface area (Å²) in [5, 5.41) is 14.3. The second-order valence-corrected chi connectivity index (χ2v) is 2.90. The van der Waals surface area contributed by atoms with E-state index in [1.807, 2.05) is 0 Å². The highest BCUT2D eigenvalue weighted by atomic mass is 16.4. The van der Waals surface area contributed by atoms with Crippen molar-refractivity contribution in [2.45, 2.75) is 18.4 Å². The molecule has 0 radical (unpaired) electrons. The predicted octanol–water partition coefficient (Wildman–Crippen LogP) is -1.06. The van der Waals surface area contributed by atoms with Crippen LogP contribution in [-0.2, 0) is 9.59 Å². The highest BCUT2D eigenvalue weighted by Gasteiger charge is 2.38. The topological polar surface area (TPSA) is 78.4 Å². The van der Waals surface area contributed by atoms with E-state index in [-0.39, 0.29) is 0 Å². The molecule has 0 aromatic rings. The van der Waals surface area contributed by atoms with E-state index in [1.54, 1.807) is 0 Å². The first kappa shape index (κ1) is 8.99. The van der Waals surface area contributed by atoms with Gasteiger partial charge in [0.2, 0.25) is 6.41 Å². The van der Waals surface area contributed by atoms with Crippen LogP contribution in [0.4, 0.5) is 0 Å². The summed E-state index contributed by atoms with van der Waals surface area (Å²) in [6.45, 7) is 1.26. The Morgan fingerprint density at radius 2 is 2.08 bits per heavy atom. The molecule has 3 N–H and O–H groups in total. The molecule has 0 spiro atoms. The molecule has 1 amide bonds. The number of nitrogens with one attached hydrogen (secondary N) is 2. The van der Waals surface area contributed by atoms with Crippen molar-refractivity contribution < 1.29 is 14.7 Å². The molecule has 0 unspecified atom stereocenters. The normalized spacial score (nSPS) is 21.3. The molecule has 12 heavy (non-hydrogen) atoms. The molecule has 68 valence electrons. The molecule has 0 bridgehead atoms. The standard InChI is InChI=1S/C7H12N2O3/c10-5-9-7(6(11)12)1-3-8-4-2-7/h5,8H,1-4H2,(H,9,10)(H,11,12). The van der Waals surface area contributed by atoms with E-state index >= 15 is 0 Å². The Morgan fingerprint density at radius 3 is 2.50 bits per heavy atom. The van der Waals surface area contributed by atoms with Crippen molar-refractivity contribution >= 4 is 12.4 Å². The lowest BCUT2D eigenvalue weighted by Crippen LogP contribution is -2.57. The minimum Gasteiger partial charge on any atom is -0.480 e. The van der Waals surface area contributed by atoms with Gasteiger partial charge in [0.15, 0.2) is 0 Å². The van der Waals surface area contributed by atoms with Gasteiger partial charge in [-0.15, -0.1) is 0 Å². The number of carbonyl (C=O) groups is 2. The molecule has 1 rings (SSSR count). The third-order valence-corrected chi connectivity index (χ3v) is 2.20. The Labute approximate surface area is 70.1 Å². The summed E-state index contributed by atoms with van der Waals surface area (Å²) in [7, 11) is 0. The van der Waals surface area contributed by atoms with Crippen LogP contribution in [0.5, 0.6) is 0 Å². The predicted molar refractivity (Wildman–Crippen MR) is 41.7 cm³/mol. The SMILES string of the molecule is O=CNC1(C(=O)O)CCNCC1. The summed E-state index contributed by atoms with van der Waals surface area (Å²) in [6.07, 6.45) is 1.35. The van der Waals surface area contributed by atoms with E-state index < -0.39 is 11.5 Å². The summed E-state index contributed by atoms with van der Waals surface area (Å²) in [4.78, 5) is 21.0. The molecular weight excluding hydrogens is 160 g/mol. The number of amides is 1. The quantitative estimate of drug-likeness (QED) is 0.474. The molecule has 1 aliphatic rings. The smallest absolute Gasteiger partial charge is 0.329 e. The van der Waals surface area contributed by atoms with Crippen molar-refractivity contribution in [3.8, 4) is 0 Å². The van der Waals surface area contributed by atoms with Crippen molar-refractivity contribution in [2.75, 3.05) is 13.1 Å². The fourth-order valence-electron chi connectivity index (χ4n) is 1.39. The Balaban J connectivity index is 2.69. The van der Waals surface area contributed by atoms with Crippen LogP contribution in [0.2, 0.25) is 0 Å². The van der Waals surface area contributed by atoms with Crippen LogP contribution in [-0.4, -0.2) is 36.1 Å². The summed E-state index contributed by atoms with van der Waals surface area (Å²) >= 11 is 0. The zero-order chi connectivity index (χ0) is 9.03. The average molecular weight is 172 g/mol. The summed E-state index contributed by atoms with van der Waals surface area (Å²) < 4.78 is 0. The summed E-state index contributed by atoms with van der Waals surface area (Å²) in [6, 6.07) is 0. The van der Waals surface area contributed by atoms with E-state index in [4.69, 9.17) is 5.11 Å². The van der Waals surface area contributed by atoms with Gasteiger partial charge in [0.1, 0.15) is 5.54 Å². The third-order valence-electron chi connectivity index (χ3n) is 2.20. The average Bonchev–Trinajstić information content (AvgIpc) is 2.06. The fourth-order valence-corrected chi connectivity index (χ4v) is 1.39. The number of hydrogen-bond acceptors (Lipinski definition) is 3. The van der Waals surface area contributed by atoms with E-state index in [2.05, 4.69) is 10.6 Å². The number of rotatable bonds is 3. The molecular formula is C7H12N2O3. The van der Waals surface area contributed by atoms with Crippen molar-refractivity contribution in [2.24, 2.45) is 0 Å². The Hall–Kier alpha value is -1.10. The van der Waals surface area contributed by atoms with Gasteiger partial charge >= 0.3 is 5.97 Å². The summed E-state index contributed by atoms with van der Waals surface area (Å²) in [5.74, 6) is -0.948. The molecule has 1 aliphatic heterocycles. The van der Waals surface area contributed by atoms with Gasteiger partial charge in [-0.25, -0.2) is 4.79 Å². The Bertz CT molecular complexity index is 187. The minimum atomic E-state index is -1.03. The molecule has 0 aliphatic carbocycles. The highest BCUT2D eigenvalue weighted by molar-refractivity contribution is 5.81. The number of carboxylic acids is 1. The van der Waals surface area contributed by atoms with Gasteiger partial charge < -0.3 is 15.7 Å². The number of piperidine rings is 1. The maximum atomic E-state index is 10.8. The molecule has 1 saturated heterocycles. The van der Waals surface area contributed by atoms with Gasteiger partial charge in [0, 0.05) is 0 Å². The first-order valence-corrected chi connectivity index (χ1v) is 3.87. The number of aliphatic carboxylic acids is 1. The molecule has 5 heteroatoms. The van der Waals surface area contributed by atoms with Crippen LogP contribution in [0.15, 0.2) is 0 Å². The van der Waals surface area contributed by atoms with Crippen molar-refractivity contribution in [1.29, 1.82) is 0 Å². The number of carboxylic acid groups (broad SMARTS) is 1. The Morgan fingerprint density at radius 1 is 1.50 bits per heavy atom. The third kappa shape index (κ3) is 1.55. The lowest BCUT2D eigenvalue weighted by atomic mass is 9.89. The maximum Gasteiger partial charge on any atom is 0.329 e. The Kier molecular flexibility index (Phi) is 2.65. The first-order chi connectivity index (χ1) is 5.71. The zero-order valence-electron chi connectivity index (χ0n) is 6.67. The van der Waals surface area contributed by atoms with Gasteiger partial charge in [-0.05, 0) is 25.9 Å². The first-order valence-electron chi connectivity index (χ1n) is 3.87. The highest BCUT2D eigenvalue weighted by Crippen LogP contribution is 2.17. The molecule has 0 atom stereocenters. The van der Waals surface area contributed by atoms with Crippen LogP contribution in [0.3, 0.4) is 0 Å². The maximum absolute atomic E-state index is 10.8. The largest absolute Gasteiger partial charge is 0.480 e. The molecule has 1 heterocycles. The molecule has 0 aromatic heterocycles. The van der Waals surface area contributed by atoms with Crippen LogP contribution in [0, 0.1) is 0 Å². The van der Waals surface area contributed by atoms with Crippen molar-refractivity contribution in [3.05, 3.63) is 0 Å². The monoisotopic (exact) mass is 172 g/mol. The lowest BCUT2D eigenvalue weighted by molar-refractivity contribution is -0.147. The molecule has 0 aromatic carbocycles. The van der Waals surface area contributed by atoms with Crippen LogP contribution >= 0.6 is 0 Å². The van der Waals surface area contributed by atoms with E-state index in [0.29, 0.717) is 32.3 Å². The molecule has 5 nitrogen and oxygen atoms in total. The van der Waals surface area contributed by atoms with Gasteiger partial charge in [-0.3, -0.25) is 4.79 Å². The zero-order valence-corrected chi connectivity index (χ0v) is 6.67. The number of hydrogen-bond donors (Lipinski definition) is 3. The van der Waals surface area contributed by atoms with Crippen molar-refractivity contribution in [3.63, 3.8) is 0 Å². The van der Waals surface area contributed by atoms with Gasteiger partial charge in [0.05, 0.1) is 0 Å². The fraction of sp³-hybridized carbons (Fsp3) is 0.714. The second kappa shape index (κ2) is 3.53. The lowest BCUT2D eigenvalue weighted by Gasteiger charge is -2.32. The molecule has 0 saturated carbocycles. The second-order valence-electron chi connectivity index (χ2n) is 2.90. The van der Waals surface area contributed by atoms with Crippen molar-refractivity contribution in [1.82, 2.24) is 10.6 Å². The van der Waals surface area contributed by atoms with Gasteiger partial charge in [-0.2, -0.15) is 0 Å².